The number of aromatic nitrogens is 1. The van der Waals surface area contributed by atoms with Crippen molar-refractivity contribution in [2.24, 2.45) is 5.73 Å². The molecule has 2 heterocycles. The summed E-state index contributed by atoms with van der Waals surface area (Å²) in [4.78, 5) is 16.5. The van der Waals surface area contributed by atoms with Crippen LogP contribution in [-0.2, 0) is 9.53 Å². The van der Waals surface area contributed by atoms with E-state index in [2.05, 4.69) is 4.98 Å². The number of phenolic OH excluding ortho intramolecular Hbond substituents is 1. The molecule has 0 bridgehead atoms. The van der Waals surface area contributed by atoms with E-state index in [9.17, 15) is 9.90 Å². The van der Waals surface area contributed by atoms with Crippen LogP contribution in [0.25, 0.3) is 0 Å². The van der Waals surface area contributed by atoms with Gasteiger partial charge in [-0.3, -0.25) is 4.98 Å². The van der Waals surface area contributed by atoms with Crippen molar-refractivity contribution in [3.63, 3.8) is 0 Å². The molecule has 0 spiro atoms. The highest BCUT2D eigenvalue weighted by molar-refractivity contribution is 6.32. The second-order valence-electron chi connectivity index (χ2n) is 5.16. The maximum Gasteiger partial charge on any atom is 0.340 e. The normalized spacial score (nSPS) is 16.3. The van der Waals surface area contributed by atoms with Crippen molar-refractivity contribution in [3.05, 3.63) is 64.3 Å². The Balaban J connectivity index is 2.22. The Bertz CT molecular complexity index is 821. The van der Waals surface area contributed by atoms with Crippen LogP contribution in [0.5, 0.6) is 11.5 Å². The molecule has 24 heavy (non-hydrogen) atoms. The molecule has 0 aliphatic carbocycles. The van der Waals surface area contributed by atoms with Crippen LogP contribution in [0.4, 0.5) is 0 Å². The minimum Gasteiger partial charge on any atom is -0.506 e. The molecular weight excluding hydrogens is 332 g/mol. The van der Waals surface area contributed by atoms with Gasteiger partial charge in [-0.15, -0.1) is 0 Å². The third-order valence-corrected chi connectivity index (χ3v) is 3.98. The zero-order valence-corrected chi connectivity index (χ0v) is 13.6. The minimum atomic E-state index is -0.571. The van der Waals surface area contributed by atoms with E-state index in [0.717, 1.165) is 5.56 Å². The molecule has 7 heteroatoms. The van der Waals surface area contributed by atoms with Crippen molar-refractivity contribution in [2.75, 3.05) is 6.61 Å². The Morgan fingerprint density at radius 2 is 2.29 bits per heavy atom. The summed E-state index contributed by atoms with van der Waals surface area (Å²) in [5, 5.41) is 9.95. The van der Waals surface area contributed by atoms with Gasteiger partial charge in [-0.05, 0) is 24.6 Å². The van der Waals surface area contributed by atoms with Gasteiger partial charge in [-0.1, -0.05) is 17.7 Å². The van der Waals surface area contributed by atoms with Crippen molar-refractivity contribution in [2.45, 2.75) is 12.8 Å². The van der Waals surface area contributed by atoms with Crippen molar-refractivity contribution >= 4 is 17.6 Å². The van der Waals surface area contributed by atoms with E-state index in [4.69, 9.17) is 26.8 Å². The number of ether oxygens (including phenoxy) is 2. The zero-order valence-electron chi connectivity index (χ0n) is 12.8. The molecule has 3 N–H and O–H groups in total. The number of halogens is 1. The number of phenols is 1. The zero-order chi connectivity index (χ0) is 17.3. The first-order valence-electron chi connectivity index (χ1n) is 7.29. The second kappa shape index (κ2) is 6.41. The predicted octanol–water partition coefficient (Wildman–Crippen LogP) is 2.70. The molecule has 124 valence electrons. The van der Waals surface area contributed by atoms with Crippen molar-refractivity contribution < 1.29 is 19.4 Å². The van der Waals surface area contributed by atoms with Gasteiger partial charge in [0.1, 0.15) is 17.1 Å². The number of nitrogens with zero attached hydrogens (tertiary/aromatic N) is 1. The number of hydrogen-bond acceptors (Lipinski definition) is 6. The van der Waals surface area contributed by atoms with Gasteiger partial charge in [0.15, 0.2) is 0 Å². The van der Waals surface area contributed by atoms with E-state index < -0.39 is 11.9 Å². The van der Waals surface area contributed by atoms with E-state index in [1.165, 1.54) is 6.07 Å². The summed E-state index contributed by atoms with van der Waals surface area (Å²) in [6.45, 7) is 1.92. The quantitative estimate of drug-likeness (QED) is 0.830. The Morgan fingerprint density at radius 1 is 1.50 bits per heavy atom. The molecule has 1 aromatic carbocycles. The molecule has 2 aromatic rings. The number of nitrogens with two attached hydrogens (primary N) is 1. The summed E-state index contributed by atoms with van der Waals surface area (Å²) in [6.07, 6.45) is 3.26. The average molecular weight is 347 g/mol. The van der Waals surface area contributed by atoms with E-state index in [1.807, 2.05) is 6.07 Å². The predicted molar refractivity (Wildman–Crippen MR) is 87.7 cm³/mol. The lowest BCUT2D eigenvalue weighted by molar-refractivity contribution is -0.139. The third kappa shape index (κ3) is 2.76. The molecule has 1 aromatic heterocycles. The largest absolute Gasteiger partial charge is 0.506 e. The molecule has 1 atom stereocenters. The number of carbonyl (C=O) groups is 1. The number of hydrogen-bond donors (Lipinski definition) is 2. The van der Waals surface area contributed by atoms with Crippen LogP contribution in [0.3, 0.4) is 0 Å². The average Bonchev–Trinajstić information content (AvgIpc) is 2.56. The van der Waals surface area contributed by atoms with Crippen LogP contribution < -0.4 is 10.5 Å². The Kier molecular flexibility index (Phi) is 4.31. The van der Waals surface area contributed by atoms with Gasteiger partial charge < -0.3 is 20.3 Å². The molecule has 1 aliphatic heterocycles. The number of esters is 1. The summed E-state index contributed by atoms with van der Waals surface area (Å²) < 4.78 is 10.6. The van der Waals surface area contributed by atoms with E-state index in [-0.39, 0.29) is 28.8 Å². The lowest BCUT2D eigenvalue weighted by Crippen LogP contribution is -2.27. The summed E-state index contributed by atoms with van der Waals surface area (Å²) >= 11 is 6.04. The molecule has 0 fully saturated rings. The van der Waals surface area contributed by atoms with Gasteiger partial charge >= 0.3 is 5.97 Å². The number of carbonyl (C=O) groups excluding carboxylic acids is 1. The van der Waals surface area contributed by atoms with Crippen molar-refractivity contribution in [3.8, 4) is 11.5 Å². The van der Waals surface area contributed by atoms with E-state index in [0.29, 0.717) is 11.3 Å². The molecule has 6 nitrogen and oxygen atoms in total. The molecule has 1 aliphatic rings. The summed E-state index contributed by atoms with van der Waals surface area (Å²) in [5.41, 5.74) is 7.47. The highest BCUT2D eigenvalue weighted by atomic mass is 35.5. The van der Waals surface area contributed by atoms with Crippen LogP contribution in [0.2, 0.25) is 5.02 Å². The van der Waals surface area contributed by atoms with Gasteiger partial charge in [0.2, 0.25) is 5.88 Å². The van der Waals surface area contributed by atoms with E-state index in [1.54, 1.807) is 31.5 Å². The third-order valence-electron chi connectivity index (χ3n) is 3.68. The summed E-state index contributed by atoms with van der Waals surface area (Å²) in [6, 6.07) is 6.50. The first-order valence-corrected chi connectivity index (χ1v) is 7.67. The van der Waals surface area contributed by atoms with Gasteiger partial charge in [-0.25, -0.2) is 4.79 Å². The maximum absolute atomic E-state index is 12.4. The number of benzene rings is 1. The number of pyridine rings is 1. The standard InChI is InChI=1S/C17H15ClN2O4/c1-2-23-17(22)15-14(9-4-3-5-20-8-9)10-6-11(18)12(21)7-13(10)24-16(15)19/h3-8,14,21H,2,19H2,1H3. The Morgan fingerprint density at radius 3 is 2.96 bits per heavy atom. The highest BCUT2D eigenvalue weighted by Gasteiger charge is 2.36. The fourth-order valence-electron chi connectivity index (χ4n) is 2.66. The van der Waals surface area contributed by atoms with E-state index >= 15 is 0 Å². The van der Waals surface area contributed by atoms with Crippen LogP contribution in [0.15, 0.2) is 48.1 Å². The van der Waals surface area contributed by atoms with Crippen LogP contribution in [0, 0.1) is 0 Å². The van der Waals surface area contributed by atoms with Gasteiger partial charge in [0.25, 0.3) is 0 Å². The fraction of sp³-hybridized carbons (Fsp3) is 0.176. The van der Waals surface area contributed by atoms with Crippen LogP contribution >= 0.6 is 11.6 Å². The number of aromatic hydroxyl groups is 1. The highest BCUT2D eigenvalue weighted by Crippen LogP contribution is 2.45. The Labute approximate surface area is 143 Å². The molecule has 0 saturated heterocycles. The summed E-state index contributed by atoms with van der Waals surface area (Å²) in [5.74, 6) is -1.00. The minimum absolute atomic E-state index is 0.0727. The van der Waals surface area contributed by atoms with Crippen LogP contribution in [-0.4, -0.2) is 22.7 Å². The van der Waals surface area contributed by atoms with Crippen LogP contribution in [0.1, 0.15) is 24.0 Å². The Hall–Kier alpha value is -2.73. The molecule has 0 saturated carbocycles. The maximum atomic E-state index is 12.4. The summed E-state index contributed by atoms with van der Waals surface area (Å²) in [7, 11) is 0. The molecule has 3 rings (SSSR count). The SMILES string of the molecule is CCOC(=O)C1=C(N)Oc2cc(O)c(Cl)cc2C1c1cccnc1. The lowest BCUT2D eigenvalue weighted by atomic mass is 9.83. The van der Waals surface area contributed by atoms with Crippen molar-refractivity contribution in [1.29, 1.82) is 0 Å². The number of rotatable bonds is 3. The molecular formula is C17H15ClN2O4. The fourth-order valence-corrected chi connectivity index (χ4v) is 2.84. The van der Waals surface area contributed by atoms with Gasteiger partial charge in [0.05, 0.1) is 17.5 Å². The second-order valence-corrected chi connectivity index (χ2v) is 5.57. The monoisotopic (exact) mass is 346 g/mol. The van der Waals surface area contributed by atoms with Crippen molar-refractivity contribution in [1.82, 2.24) is 4.98 Å². The topological polar surface area (TPSA) is 94.7 Å². The molecule has 0 amide bonds. The van der Waals surface area contributed by atoms with Gasteiger partial charge in [-0.2, -0.15) is 0 Å². The number of fused-ring (bicyclic) bond motifs is 1. The smallest absolute Gasteiger partial charge is 0.340 e. The first kappa shape index (κ1) is 16.1. The molecule has 0 radical (unpaired) electrons. The van der Waals surface area contributed by atoms with Gasteiger partial charge in [0, 0.05) is 24.0 Å². The first-order chi connectivity index (χ1) is 11.5. The lowest BCUT2D eigenvalue weighted by Gasteiger charge is -2.28. The molecule has 1 unspecified atom stereocenters.